The van der Waals surface area contributed by atoms with Crippen molar-refractivity contribution in [2.24, 2.45) is 5.92 Å². The van der Waals surface area contributed by atoms with Gasteiger partial charge in [-0.15, -0.1) is 0 Å². The van der Waals surface area contributed by atoms with Crippen molar-refractivity contribution in [3.8, 4) is 5.75 Å². The molecule has 2 aliphatic rings. The van der Waals surface area contributed by atoms with Gasteiger partial charge in [0, 0.05) is 25.3 Å². The van der Waals surface area contributed by atoms with E-state index in [4.69, 9.17) is 17.0 Å². The van der Waals surface area contributed by atoms with Gasteiger partial charge in [0.1, 0.15) is 11.7 Å². The molecule has 2 bridgehead atoms. The molecule has 0 radical (unpaired) electrons. The van der Waals surface area contributed by atoms with Crippen molar-refractivity contribution in [2.45, 2.75) is 32.5 Å². The number of carbonyl (C=O) groups is 1. The molecule has 2 aromatic carbocycles. The molecule has 2 aromatic rings. The molecule has 28 heavy (non-hydrogen) atoms. The number of carbonyl (C=O) groups excluding carboxylic acids is 1. The molecule has 4 rings (SSSR count). The normalized spacial score (nSPS) is 25.5. The lowest BCUT2D eigenvalue weighted by Gasteiger charge is -2.56. The van der Waals surface area contributed by atoms with E-state index in [1.807, 2.05) is 62.1 Å². The predicted molar refractivity (Wildman–Crippen MR) is 115 cm³/mol. The third-order valence-electron chi connectivity index (χ3n) is 5.72. The highest BCUT2D eigenvalue weighted by molar-refractivity contribution is 7.80. The topological polar surface area (TPSA) is 44.8 Å². The van der Waals surface area contributed by atoms with Crippen LogP contribution in [0.2, 0.25) is 0 Å². The van der Waals surface area contributed by atoms with Crippen LogP contribution in [-0.2, 0) is 4.79 Å². The van der Waals surface area contributed by atoms with Gasteiger partial charge in [-0.3, -0.25) is 9.69 Å². The van der Waals surface area contributed by atoms with E-state index < -0.39 is 11.6 Å². The summed E-state index contributed by atoms with van der Waals surface area (Å²) in [5.74, 6) is 0.339. The van der Waals surface area contributed by atoms with Gasteiger partial charge in [0.05, 0.1) is 6.04 Å². The second-order valence-electron chi connectivity index (χ2n) is 7.96. The van der Waals surface area contributed by atoms with Crippen molar-refractivity contribution in [3.05, 3.63) is 59.2 Å². The molecule has 0 saturated carbocycles. The molecule has 0 aromatic heterocycles. The zero-order valence-electron chi connectivity index (χ0n) is 16.8. The molecule has 0 unspecified atom stereocenters. The number of benzene rings is 2. The van der Waals surface area contributed by atoms with Crippen LogP contribution in [0.1, 0.15) is 29.7 Å². The summed E-state index contributed by atoms with van der Waals surface area (Å²) in [5.41, 5.74) is 3.16. The maximum absolute atomic E-state index is 13.3. The minimum atomic E-state index is -0.942. The van der Waals surface area contributed by atoms with Crippen molar-refractivity contribution in [2.75, 3.05) is 19.0 Å². The number of nitrogens with one attached hydrogen (secondary N) is 1. The van der Waals surface area contributed by atoms with Crippen molar-refractivity contribution in [3.63, 3.8) is 0 Å². The largest absolute Gasteiger partial charge is 0.467 e. The number of rotatable bonds is 2. The molecular formula is C22H25N3O2S. The second kappa shape index (κ2) is 6.48. The molecule has 2 aliphatic heterocycles. The van der Waals surface area contributed by atoms with Crippen LogP contribution in [-0.4, -0.2) is 35.7 Å². The van der Waals surface area contributed by atoms with E-state index in [1.165, 1.54) is 0 Å². The van der Waals surface area contributed by atoms with E-state index in [0.717, 1.165) is 28.1 Å². The van der Waals surface area contributed by atoms with E-state index in [-0.39, 0.29) is 11.9 Å². The van der Waals surface area contributed by atoms with Crippen molar-refractivity contribution >= 4 is 28.9 Å². The summed E-state index contributed by atoms with van der Waals surface area (Å²) in [6, 6.07) is 13.9. The minimum absolute atomic E-state index is 0.00763. The van der Waals surface area contributed by atoms with Crippen LogP contribution in [0, 0.1) is 19.8 Å². The number of nitrogens with zero attached hydrogens (tertiary/aromatic N) is 2. The average Bonchev–Trinajstić information content (AvgIpc) is 2.63. The highest BCUT2D eigenvalue weighted by atomic mass is 32.1. The summed E-state index contributed by atoms with van der Waals surface area (Å²) in [7, 11) is 3.56. The number of hydrogen-bond donors (Lipinski definition) is 1. The third-order valence-corrected chi connectivity index (χ3v) is 6.02. The Bertz CT molecular complexity index is 974. The molecule has 146 valence electrons. The van der Waals surface area contributed by atoms with Crippen LogP contribution in [0.5, 0.6) is 5.75 Å². The van der Waals surface area contributed by atoms with Crippen molar-refractivity contribution in [1.29, 1.82) is 0 Å². The summed E-state index contributed by atoms with van der Waals surface area (Å²) in [6.07, 6.45) is 0. The molecule has 1 amide bonds. The van der Waals surface area contributed by atoms with Gasteiger partial charge in [-0.25, -0.2) is 0 Å². The lowest BCUT2D eigenvalue weighted by molar-refractivity contribution is -0.144. The third kappa shape index (κ3) is 2.66. The van der Waals surface area contributed by atoms with Crippen molar-refractivity contribution in [1.82, 2.24) is 10.2 Å². The van der Waals surface area contributed by atoms with Gasteiger partial charge in [0.15, 0.2) is 10.8 Å². The number of para-hydroxylation sites is 1. The molecule has 0 aliphatic carbocycles. The van der Waals surface area contributed by atoms with E-state index in [0.29, 0.717) is 5.11 Å². The van der Waals surface area contributed by atoms with Crippen LogP contribution < -0.4 is 15.0 Å². The average molecular weight is 396 g/mol. The molecule has 1 fully saturated rings. The zero-order valence-corrected chi connectivity index (χ0v) is 17.6. The molecule has 0 spiro atoms. The highest BCUT2D eigenvalue weighted by Crippen LogP contribution is 2.50. The smallest absolute Gasteiger partial charge is 0.233 e. The molecule has 1 N–H and O–H groups in total. The van der Waals surface area contributed by atoms with Gasteiger partial charge in [0.25, 0.3) is 0 Å². The lowest BCUT2D eigenvalue weighted by Crippen LogP contribution is -2.72. The Morgan fingerprint density at radius 2 is 1.93 bits per heavy atom. The van der Waals surface area contributed by atoms with Crippen LogP contribution in [0.25, 0.3) is 0 Å². The lowest BCUT2D eigenvalue weighted by atomic mass is 9.78. The fraction of sp³-hybridized carbons (Fsp3) is 0.364. The fourth-order valence-electron chi connectivity index (χ4n) is 4.34. The number of thiocarbonyl (C=S) groups is 1. The summed E-state index contributed by atoms with van der Waals surface area (Å²) < 4.78 is 6.57. The minimum Gasteiger partial charge on any atom is -0.467 e. The first-order valence-electron chi connectivity index (χ1n) is 9.41. The number of ether oxygens (including phenoxy) is 1. The number of amides is 1. The fourth-order valence-corrected chi connectivity index (χ4v) is 4.74. The van der Waals surface area contributed by atoms with Crippen LogP contribution >= 0.6 is 12.2 Å². The van der Waals surface area contributed by atoms with E-state index in [1.54, 1.807) is 19.0 Å². The first-order valence-corrected chi connectivity index (χ1v) is 9.82. The van der Waals surface area contributed by atoms with Crippen molar-refractivity contribution < 1.29 is 9.53 Å². The van der Waals surface area contributed by atoms with E-state index in [9.17, 15) is 4.79 Å². The van der Waals surface area contributed by atoms with Gasteiger partial charge in [-0.2, -0.15) is 0 Å². The van der Waals surface area contributed by atoms with Crippen LogP contribution in [0.15, 0.2) is 42.5 Å². The van der Waals surface area contributed by atoms with Gasteiger partial charge in [0.2, 0.25) is 5.91 Å². The monoisotopic (exact) mass is 395 g/mol. The molecule has 2 heterocycles. The van der Waals surface area contributed by atoms with Gasteiger partial charge < -0.3 is 15.0 Å². The molecule has 6 heteroatoms. The Morgan fingerprint density at radius 1 is 1.21 bits per heavy atom. The van der Waals surface area contributed by atoms with Crippen LogP contribution in [0.4, 0.5) is 5.69 Å². The Balaban J connectivity index is 1.95. The maximum atomic E-state index is 13.3. The Kier molecular flexibility index (Phi) is 4.34. The number of fused-ring (bicyclic) bond motifs is 4. The standard InChI is InChI=1S/C22H25N3O2S/c1-13-10-11-17-15(12-13)19-18(20(26)24(4)5)22(3,27-17)25(21(28)23-19)16-9-7-6-8-14(16)2/h6-12,18-19H,1-5H3,(H,23,28)/t18-,19+,22-/m0/s1. The predicted octanol–water partition coefficient (Wildman–Crippen LogP) is 3.55. The summed E-state index contributed by atoms with van der Waals surface area (Å²) in [6.45, 7) is 6.04. The number of anilines is 1. The quantitative estimate of drug-likeness (QED) is 0.788. The molecule has 1 saturated heterocycles. The van der Waals surface area contributed by atoms with Gasteiger partial charge in [-0.05, 0) is 50.7 Å². The first-order chi connectivity index (χ1) is 13.2. The maximum Gasteiger partial charge on any atom is 0.233 e. The SMILES string of the molecule is Cc1ccc2c(c1)[C@H]1NC(=S)N(c3ccccc3C)[C@@](C)(O2)[C@@H]1C(=O)N(C)C. The highest BCUT2D eigenvalue weighted by Gasteiger charge is 2.59. The number of aryl methyl sites for hydroxylation is 2. The first kappa shape index (κ1) is 18.7. The Labute approximate surface area is 171 Å². The van der Waals surface area contributed by atoms with E-state index >= 15 is 0 Å². The summed E-state index contributed by atoms with van der Waals surface area (Å²) >= 11 is 5.77. The molecular weight excluding hydrogens is 370 g/mol. The zero-order chi connectivity index (χ0) is 20.2. The van der Waals surface area contributed by atoms with E-state index in [2.05, 4.69) is 11.4 Å². The summed E-state index contributed by atoms with van der Waals surface area (Å²) in [4.78, 5) is 16.9. The van der Waals surface area contributed by atoms with Crippen LogP contribution in [0.3, 0.4) is 0 Å². The molecule has 3 atom stereocenters. The Morgan fingerprint density at radius 3 is 2.61 bits per heavy atom. The molecule has 5 nitrogen and oxygen atoms in total. The number of hydrogen-bond acceptors (Lipinski definition) is 3. The Hall–Kier alpha value is -2.60. The van der Waals surface area contributed by atoms with Gasteiger partial charge >= 0.3 is 0 Å². The summed E-state index contributed by atoms with van der Waals surface area (Å²) in [5, 5.41) is 4.01. The second-order valence-corrected chi connectivity index (χ2v) is 8.34. The van der Waals surface area contributed by atoms with Gasteiger partial charge in [-0.1, -0.05) is 35.9 Å².